The van der Waals surface area contributed by atoms with Crippen LogP contribution in [0.4, 0.5) is 11.6 Å². The monoisotopic (exact) mass is 397 g/mol. The van der Waals surface area contributed by atoms with Gasteiger partial charge in [-0.25, -0.2) is 9.97 Å². The van der Waals surface area contributed by atoms with Gasteiger partial charge < -0.3 is 15.1 Å². The number of hydrogen-bond acceptors (Lipinski definition) is 6. The van der Waals surface area contributed by atoms with Gasteiger partial charge in [-0.2, -0.15) is 5.10 Å². The highest BCUT2D eigenvalue weighted by Gasteiger charge is 2.31. The summed E-state index contributed by atoms with van der Waals surface area (Å²) in [5.41, 5.74) is 2.05. The number of likely N-dealkylation sites (tertiary alicyclic amines) is 2. The zero-order valence-corrected chi connectivity index (χ0v) is 17.6. The molecule has 8 nitrogen and oxygen atoms in total. The van der Waals surface area contributed by atoms with Crippen molar-refractivity contribution in [3.8, 4) is 0 Å². The minimum atomic E-state index is 0.206. The van der Waals surface area contributed by atoms with Crippen LogP contribution >= 0.6 is 0 Å². The summed E-state index contributed by atoms with van der Waals surface area (Å²) in [5, 5.41) is 10.4. The molecular weight excluding hydrogens is 366 g/mol. The van der Waals surface area contributed by atoms with Gasteiger partial charge in [0.05, 0.1) is 0 Å². The highest BCUT2D eigenvalue weighted by molar-refractivity contribution is 5.79. The Morgan fingerprint density at radius 1 is 1.03 bits per heavy atom. The van der Waals surface area contributed by atoms with Crippen molar-refractivity contribution in [2.24, 2.45) is 5.92 Å². The molecule has 2 aliphatic rings. The fourth-order valence-corrected chi connectivity index (χ4v) is 4.39. The fourth-order valence-electron chi connectivity index (χ4n) is 4.39. The first-order chi connectivity index (χ1) is 14.0. The van der Waals surface area contributed by atoms with Gasteiger partial charge in [-0.1, -0.05) is 0 Å². The first-order valence-electron chi connectivity index (χ1n) is 10.6. The van der Waals surface area contributed by atoms with Gasteiger partial charge in [0, 0.05) is 48.4 Å². The average molecular weight is 398 g/mol. The van der Waals surface area contributed by atoms with Crippen LogP contribution in [0.3, 0.4) is 0 Å². The number of H-pyrrole nitrogens is 1. The number of aromatic nitrogens is 4. The highest BCUT2D eigenvalue weighted by atomic mass is 16.2. The molecule has 0 aliphatic carbocycles. The predicted octanol–water partition coefficient (Wildman–Crippen LogP) is 2.61. The van der Waals surface area contributed by atoms with E-state index in [1.54, 1.807) is 0 Å². The molecule has 4 heterocycles. The smallest absolute Gasteiger partial charge is 0.225 e. The molecule has 2 saturated heterocycles. The molecule has 0 spiro atoms. The molecule has 2 aromatic rings. The molecular formula is C21H31N7O. The van der Waals surface area contributed by atoms with Crippen molar-refractivity contribution >= 4 is 17.5 Å². The largest absolute Gasteiger partial charge is 0.342 e. The summed E-state index contributed by atoms with van der Waals surface area (Å²) < 4.78 is 0. The minimum absolute atomic E-state index is 0.206. The Balaban J connectivity index is 1.37. The van der Waals surface area contributed by atoms with Gasteiger partial charge in [0.2, 0.25) is 5.91 Å². The van der Waals surface area contributed by atoms with Crippen LogP contribution in [0.5, 0.6) is 0 Å². The average Bonchev–Trinajstić information content (AvgIpc) is 3.12. The number of amides is 1. The van der Waals surface area contributed by atoms with Crippen molar-refractivity contribution < 1.29 is 4.79 Å². The fraction of sp³-hybridized carbons (Fsp3) is 0.619. The lowest BCUT2D eigenvalue weighted by Gasteiger charge is -2.36. The third kappa shape index (κ3) is 4.75. The molecule has 156 valence electrons. The van der Waals surface area contributed by atoms with E-state index in [0.717, 1.165) is 80.7 Å². The number of carbonyl (C=O) groups is 1. The maximum Gasteiger partial charge on any atom is 0.225 e. The van der Waals surface area contributed by atoms with Gasteiger partial charge >= 0.3 is 0 Å². The SMILES string of the molecule is Cc1nc(Nc2cc(C)[nH]n2)cc(C2CCN(C(=O)C3CCN(C)CC3)CC2)n1. The summed E-state index contributed by atoms with van der Waals surface area (Å²) in [4.78, 5) is 26.4. The summed E-state index contributed by atoms with van der Waals surface area (Å²) >= 11 is 0. The maximum absolute atomic E-state index is 12.9. The Morgan fingerprint density at radius 2 is 1.76 bits per heavy atom. The second-order valence-electron chi connectivity index (χ2n) is 8.46. The number of anilines is 2. The van der Waals surface area contributed by atoms with Crippen LogP contribution < -0.4 is 5.32 Å². The molecule has 0 unspecified atom stereocenters. The van der Waals surface area contributed by atoms with Crippen LogP contribution in [0, 0.1) is 19.8 Å². The van der Waals surface area contributed by atoms with Gasteiger partial charge in [0.25, 0.3) is 0 Å². The maximum atomic E-state index is 12.9. The van der Waals surface area contributed by atoms with Crippen LogP contribution in [0.15, 0.2) is 12.1 Å². The molecule has 2 aromatic heterocycles. The van der Waals surface area contributed by atoms with Crippen molar-refractivity contribution in [2.45, 2.75) is 45.4 Å². The Kier molecular flexibility index (Phi) is 5.80. The van der Waals surface area contributed by atoms with Gasteiger partial charge in [-0.3, -0.25) is 9.89 Å². The molecule has 2 aliphatic heterocycles. The molecule has 0 atom stereocenters. The molecule has 1 amide bonds. The van der Waals surface area contributed by atoms with E-state index in [1.165, 1.54) is 0 Å². The van der Waals surface area contributed by atoms with E-state index in [9.17, 15) is 4.79 Å². The van der Waals surface area contributed by atoms with Crippen LogP contribution in [-0.2, 0) is 4.79 Å². The van der Waals surface area contributed by atoms with Gasteiger partial charge in [-0.15, -0.1) is 0 Å². The predicted molar refractivity (Wildman–Crippen MR) is 112 cm³/mol. The first kappa shape index (κ1) is 19.8. The second kappa shape index (κ2) is 8.49. The van der Waals surface area contributed by atoms with E-state index in [-0.39, 0.29) is 5.92 Å². The number of carbonyl (C=O) groups excluding carboxylic acids is 1. The number of rotatable bonds is 4. The lowest BCUT2D eigenvalue weighted by Crippen LogP contribution is -2.44. The second-order valence-corrected chi connectivity index (χ2v) is 8.46. The van der Waals surface area contributed by atoms with Crippen LogP contribution in [0.25, 0.3) is 0 Å². The zero-order chi connectivity index (χ0) is 20.4. The topological polar surface area (TPSA) is 90.0 Å². The van der Waals surface area contributed by atoms with E-state index in [0.29, 0.717) is 11.8 Å². The molecule has 0 bridgehead atoms. The summed E-state index contributed by atoms with van der Waals surface area (Å²) in [5.74, 6) is 3.19. The van der Waals surface area contributed by atoms with Crippen molar-refractivity contribution in [1.29, 1.82) is 0 Å². The Morgan fingerprint density at radius 3 is 2.41 bits per heavy atom. The molecule has 2 fully saturated rings. The zero-order valence-electron chi connectivity index (χ0n) is 17.6. The van der Waals surface area contributed by atoms with Crippen molar-refractivity contribution in [3.05, 3.63) is 29.3 Å². The summed E-state index contributed by atoms with van der Waals surface area (Å²) in [6.45, 7) is 7.58. The van der Waals surface area contributed by atoms with E-state index in [2.05, 4.69) is 42.3 Å². The van der Waals surface area contributed by atoms with Crippen LogP contribution in [0.1, 0.15) is 48.8 Å². The summed E-state index contributed by atoms with van der Waals surface area (Å²) in [6.07, 6.45) is 3.88. The third-order valence-corrected chi connectivity index (χ3v) is 6.11. The number of nitrogens with one attached hydrogen (secondary N) is 2. The van der Waals surface area contributed by atoms with Gasteiger partial charge in [0.1, 0.15) is 11.6 Å². The van der Waals surface area contributed by atoms with Crippen LogP contribution in [-0.4, -0.2) is 69.1 Å². The molecule has 0 radical (unpaired) electrons. The summed E-state index contributed by atoms with van der Waals surface area (Å²) in [6, 6.07) is 3.97. The van der Waals surface area contributed by atoms with E-state index >= 15 is 0 Å². The van der Waals surface area contributed by atoms with Crippen molar-refractivity contribution in [1.82, 2.24) is 30.0 Å². The van der Waals surface area contributed by atoms with E-state index in [4.69, 9.17) is 0 Å². The number of aryl methyl sites for hydroxylation is 2. The Hall–Kier alpha value is -2.48. The highest BCUT2D eigenvalue weighted by Crippen LogP contribution is 2.30. The molecule has 2 N–H and O–H groups in total. The van der Waals surface area contributed by atoms with E-state index < -0.39 is 0 Å². The lowest BCUT2D eigenvalue weighted by atomic mass is 9.90. The Bertz CT molecular complexity index is 848. The minimum Gasteiger partial charge on any atom is -0.342 e. The quantitative estimate of drug-likeness (QED) is 0.824. The number of nitrogens with zero attached hydrogens (tertiary/aromatic N) is 5. The van der Waals surface area contributed by atoms with Gasteiger partial charge in [-0.05, 0) is 59.7 Å². The number of piperidine rings is 2. The standard InChI is InChI=1S/C21H31N7O/c1-14-12-20(26-25-14)24-19-13-18(22-15(2)23-19)16-6-10-28(11-7-16)21(29)17-4-8-27(3)9-5-17/h12-13,16-17H,4-11H2,1-3H3,(H2,22,23,24,25,26). The lowest BCUT2D eigenvalue weighted by molar-refractivity contribution is -0.138. The van der Waals surface area contributed by atoms with E-state index in [1.807, 2.05) is 26.0 Å². The molecule has 0 aromatic carbocycles. The first-order valence-corrected chi connectivity index (χ1v) is 10.6. The van der Waals surface area contributed by atoms with Crippen molar-refractivity contribution in [3.63, 3.8) is 0 Å². The Labute approximate surface area is 172 Å². The number of hydrogen-bond donors (Lipinski definition) is 2. The van der Waals surface area contributed by atoms with Crippen LogP contribution in [0.2, 0.25) is 0 Å². The normalized spacial score (nSPS) is 19.5. The molecule has 4 rings (SSSR count). The number of aromatic amines is 1. The molecule has 0 saturated carbocycles. The van der Waals surface area contributed by atoms with Gasteiger partial charge in [0.15, 0.2) is 5.82 Å². The van der Waals surface area contributed by atoms with Crippen molar-refractivity contribution in [2.75, 3.05) is 38.5 Å². The molecule has 29 heavy (non-hydrogen) atoms. The summed E-state index contributed by atoms with van der Waals surface area (Å²) in [7, 11) is 2.13. The third-order valence-electron chi connectivity index (χ3n) is 6.11. The molecule has 8 heteroatoms.